The van der Waals surface area contributed by atoms with Crippen molar-refractivity contribution in [1.82, 2.24) is 14.8 Å². The van der Waals surface area contributed by atoms with Crippen LogP contribution in [0.25, 0.3) is 16.9 Å². The summed E-state index contributed by atoms with van der Waals surface area (Å²) in [6.07, 6.45) is -1.23. The Bertz CT molecular complexity index is 995. The van der Waals surface area contributed by atoms with E-state index < -0.39 is 24.1 Å². The van der Waals surface area contributed by atoms with Gasteiger partial charge in [-0.3, -0.25) is 0 Å². The first kappa shape index (κ1) is 19.9. The molecule has 2 aromatic heterocycles. The summed E-state index contributed by atoms with van der Waals surface area (Å²) in [5.74, 6) is -2.86. The first-order chi connectivity index (χ1) is 13.4. The van der Waals surface area contributed by atoms with E-state index in [1.165, 1.54) is 37.4 Å². The minimum Gasteiger partial charge on any atom is -0.461 e. The van der Waals surface area contributed by atoms with E-state index in [9.17, 15) is 18.0 Å². The molecule has 0 aliphatic heterocycles. The SMILES string of the molecule is CCOC(=O)C(F)Oc1nn(-c2ccccc2F)c(-c2ccc(F)nc2)c1Br. The molecule has 10 heteroatoms. The van der Waals surface area contributed by atoms with Gasteiger partial charge in [0.15, 0.2) is 0 Å². The number of benzene rings is 1. The van der Waals surface area contributed by atoms with Crippen molar-refractivity contribution in [3.63, 3.8) is 0 Å². The lowest BCUT2D eigenvalue weighted by atomic mass is 10.2. The molecular weight excluding hydrogens is 443 g/mol. The van der Waals surface area contributed by atoms with Crippen LogP contribution < -0.4 is 4.74 Å². The lowest BCUT2D eigenvalue weighted by Crippen LogP contribution is -2.25. The summed E-state index contributed by atoms with van der Waals surface area (Å²) in [4.78, 5) is 15.1. The van der Waals surface area contributed by atoms with Gasteiger partial charge in [0.2, 0.25) is 5.95 Å². The predicted molar refractivity (Wildman–Crippen MR) is 96.6 cm³/mol. The molecule has 1 aromatic carbocycles. The number of hydrogen-bond acceptors (Lipinski definition) is 5. The number of esters is 1. The number of hydrogen-bond donors (Lipinski definition) is 0. The maximum absolute atomic E-state index is 14.3. The molecule has 28 heavy (non-hydrogen) atoms. The van der Waals surface area contributed by atoms with Crippen LogP contribution in [0.4, 0.5) is 13.2 Å². The van der Waals surface area contributed by atoms with Crippen molar-refractivity contribution < 1.29 is 27.4 Å². The number of rotatable bonds is 6. The third-order valence-electron chi connectivity index (χ3n) is 3.57. The van der Waals surface area contributed by atoms with Gasteiger partial charge in [-0.05, 0) is 47.1 Å². The van der Waals surface area contributed by atoms with Crippen molar-refractivity contribution in [3.05, 3.63) is 58.8 Å². The van der Waals surface area contributed by atoms with Crippen LogP contribution >= 0.6 is 15.9 Å². The van der Waals surface area contributed by atoms with Gasteiger partial charge in [-0.1, -0.05) is 12.1 Å². The van der Waals surface area contributed by atoms with Crippen LogP contribution in [0.2, 0.25) is 0 Å². The molecule has 0 aliphatic rings. The molecule has 3 rings (SSSR count). The second-order valence-electron chi connectivity index (χ2n) is 5.39. The molecule has 0 saturated carbocycles. The number of pyridine rings is 1. The number of nitrogens with zero attached hydrogens (tertiary/aromatic N) is 3. The summed E-state index contributed by atoms with van der Waals surface area (Å²) >= 11 is 3.22. The van der Waals surface area contributed by atoms with Crippen LogP contribution in [0.5, 0.6) is 5.88 Å². The van der Waals surface area contributed by atoms with Crippen LogP contribution in [0.15, 0.2) is 47.1 Å². The minimum atomic E-state index is -2.43. The highest BCUT2D eigenvalue weighted by molar-refractivity contribution is 9.10. The first-order valence-corrected chi connectivity index (χ1v) is 8.84. The number of carbonyl (C=O) groups excluding carboxylic acids is 1. The summed E-state index contributed by atoms with van der Waals surface area (Å²) in [6.45, 7) is 1.49. The molecule has 0 N–H and O–H groups in total. The van der Waals surface area contributed by atoms with Crippen molar-refractivity contribution in [2.24, 2.45) is 0 Å². The average Bonchev–Trinajstić information content (AvgIpc) is 2.99. The summed E-state index contributed by atoms with van der Waals surface area (Å²) in [6, 6.07) is 8.23. The molecule has 0 amide bonds. The number of carbonyl (C=O) groups is 1. The highest BCUT2D eigenvalue weighted by atomic mass is 79.9. The van der Waals surface area contributed by atoms with Crippen molar-refractivity contribution in [2.45, 2.75) is 13.3 Å². The van der Waals surface area contributed by atoms with E-state index >= 15 is 0 Å². The lowest BCUT2D eigenvalue weighted by Gasteiger charge is -2.08. The number of alkyl halides is 1. The Morgan fingerprint density at radius 3 is 2.64 bits per heavy atom. The van der Waals surface area contributed by atoms with Crippen molar-refractivity contribution in [2.75, 3.05) is 6.61 Å². The van der Waals surface area contributed by atoms with E-state index in [1.807, 2.05) is 0 Å². The molecule has 1 atom stereocenters. The van der Waals surface area contributed by atoms with Gasteiger partial charge in [0.05, 0.1) is 12.3 Å². The number of ether oxygens (including phenoxy) is 2. The third kappa shape index (κ3) is 4.01. The largest absolute Gasteiger partial charge is 0.461 e. The van der Waals surface area contributed by atoms with Crippen LogP contribution in [0.1, 0.15) is 6.92 Å². The highest BCUT2D eigenvalue weighted by Crippen LogP contribution is 2.38. The molecule has 0 saturated heterocycles. The first-order valence-electron chi connectivity index (χ1n) is 8.05. The Kier molecular flexibility index (Phi) is 5.98. The zero-order chi connectivity index (χ0) is 20.3. The fourth-order valence-electron chi connectivity index (χ4n) is 2.37. The zero-order valence-corrected chi connectivity index (χ0v) is 16.0. The summed E-state index contributed by atoms with van der Waals surface area (Å²) in [5.41, 5.74) is 0.609. The molecule has 6 nitrogen and oxygen atoms in total. The molecular formula is C18H13BrF3N3O3. The monoisotopic (exact) mass is 455 g/mol. The fourth-order valence-corrected chi connectivity index (χ4v) is 2.94. The van der Waals surface area contributed by atoms with Gasteiger partial charge in [-0.2, -0.15) is 8.78 Å². The quantitative estimate of drug-likeness (QED) is 0.411. The Hall–Kier alpha value is -2.88. The normalized spacial score (nSPS) is 11.9. The van der Waals surface area contributed by atoms with Gasteiger partial charge in [0.1, 0.15) is 16.0 Å². The van der Waals surface area contributed by atoms with Crippen LogP contribution in [0.3, 0.4) is 0 Å². The van der Waals surface area contributed by atoms with Gasteiger partial charge in [-0.25, -0.2) is 18.9 Å². The lowest BCUT2D eigenvalue weighted by molar-refractivity contribution is -0.160. The fraction of sp³-hybridized carbons (Fsp3) is 0.167. The zero-order valence-electron chi connectivity index (χ0n) is 14.4. The van der Waals surface area contributed by atoms with E-state index in [0.717, 1.165) is 10.7 Å². The second kappa shape index (κ2) is 8.42. The van der Waals surface area contributed by atoms with Crippen LogP contribution in [-0.4, -0.2) is 33.7 Å². The summed E-state index contributed by atoms with van der Waals surface area (Å²) < 4.78 is 52.3. The molecule has 1 unspecified atom stereocenters. The highest BCUT2D eigenvalue weighted by Gasteiger charge is 2.27. The number of aromatic nitrogens is 3. The Balaban J connectivity index is 2.11. The van der Waals surface area contributed by atoms with E-state index in [4.69, 9.17) is 4.74 Å². The third-order valence-corrected chi connectivity index (χ3v) is 4.28. The van der Waals surface area contributed by atoms with E-state index in [2.05, 4.69) is 30.7 Å². The van der Waals surface area contributed by atoms with Crippen LogP contribution in [0, 0.1) is 11.8 Å². The topological polar surface area (TPSA) is 66.2 Å². The molecule has 2 heterocycles. The predicted octanol–water partition coefficient (Wildman–Crippen LogP) is 4.21. The Morgan fingerprint density at radius 2 is 2.00 bits per heavy atom. The average molecular weight is 456 g/mol. The smallest absolute Gasteiger partial charge is 0.381 e. The molecule has 0 fully saturated rings. The standard InChI is InChI=1S/C18H13BrF3N3O3/c1-2-27-18(26)16(22)28-17-14(19)15(10-7-8-13(21)23-9-10)25(24-17)12-6-4-3-5-11(12)20/h3-9,16H,2H2,1H3. The van der Waals surface area contributed by atoms with Gasteiger partial charge in [-0.15, -0.1) is 5.10 Å². The molecule has 146 valence electrons. The summed E-state index contributed by atoms with van der Waals surface area (Å²) in [7, 11) is 0. The number of para-hydroxylation sites is 1. The van der Waals surface area contributed by atoms with E-state index in [0.29, 0.717) is 5.56 Å². The van der Waals surface area contributed by atoms with Crippen molar-refractivity contribution >= 4 is 21.9 Å². The molecule has 3 aromatic rings. The second-order valence-corrected chi connectivity index (χ2v) is 6.18. The van der Waals surface area contributed by atoms with E-state index in [-0.39, 0.29) is 28.3 Å². The Morgan fingerprint density at radius 1 is 1.25 bits per heavy atom. The van der Waals surface area contributed by atoms with Gasteiger partial charge >= 0.3 is 12.3 Å². The van der Waals surface area contributed by atoms with E-state index in [1.54, 1.807) is 6.07 Å². The van der Waals surface area contributed by atoms with Gasteiger partial charge in [0.25, 0.3) is 5.88 Å². The maximum atomic E-state index is 14.3. The Labute approximate surface area is 166 Å². The van der Waals surface area contributed by atoms with Gasteiger partial charge in [0, 0.05) is 11.8 Å². The molecule has 0 radical (unpaired) electrons. The molecule has 0 aliphatic carbocycles. The molecule has 0 spiro atoms. The number of halogens is 4. The maximum Gasteiger partial charge on any atom is 0.381 e. The van der Waals surface area contributed by atoms with Crippen molar-refractivity contribution in [3.8, 4) is 22.8 Å². The van der Waals surface area contributed by atoms with Crippen LogP contribution in [-0.2, 0) is 9.53 Å². The minimum absolute atomic E-state index is 0.0278. The molecule has 0 bridgehead atoms. The van der Waals surface area contributed by atoms with Gasteiger partial charge < -0.3 is 9.47 Å². The summed E-state index contributed by atoms with van der Waals surface area (Å²) in [5, 5.41) is 4.06. The van der Waals surface area contributed by atoms with Crippen molar-refractivity contribution in [1.29, 1.82) is 0 Å².